The summed E-state index contributed by atoms with van der Waals surface area (Å²) in [6.45, 7) is 0.733. The predicted molar refractivity (Wildman–Crippen MR) is 78.1 cm³/mol. The van der Waals surface area contributed by atoms with Crippen molar-refractivity contribution in [2.24, 2.45) is 0 Å². The lowest BCUT2D eigenvalue weighted by Gasteiger charge is -2.24. The van der Waals surface area contributed by atoms with E-state index >= 15 is 0 Å². The van der Waals surface area contributed by atoms with Crippen molar-refractivity contribution in [2.45, 2.75) is 18.9 Å². The first-order chi connectivity index (χ1) is 9.66. The molecule has 0 spiro atoms. The Bertz CT molecular complexity index is 627. The Morgan fingerprint density at radius 3 is 2.95 bits per heavy atom. The number of carbonyl (C=O) groups is 1. The highest BCUT2D eigenvalue weighted by atomic mass is 32.1. The third-order valence-corrected chi connectivity index (χ3v) is 4.39. The van der Waals surface area contributed by atoms with Gasteiger partial charge in [-0.15, -0.1) is 0 Å². The summed E-state index contributed by atoms with van der Waals surface area (Å²) in [5.74, 6) is -0.567. The summed E-state index contributed by atoms with van der Waals surface area (Å²) in [6.07, 6.45) is 1.96. The number of thiophene rings is 1. The van der Waals surface area contributed by atoms with Crippen LogP contribution in [0.4, 0.5) is 10.1 Å². The van der Waals surface area contributed by atoms with Crippen molar-refractivity contribution in [3.63, 3.8) is 0 Å². The zero-order valence-electron chi connectivity index (χ0n) is 10.9. The van der Waals surface area contributed by atoms with Crippen LogP contribution in [0, 0.1) is 5.82 Å². The molecule has 0 aliphatic carbocycles. The molecule has 1 saturated heterocycles. The minimum Gasteiger partial charge on any atom is -0.396 e. The van der Waals surface area contributed by atoms with Crippen molar-refractivity contribution in [3.8, 4) is 0 Å². The molecule has 1 amide bonds. The number of amides is 1. The number of hydrogen-bond acceptors (Lipinski definition) is 3. The zero-order valence-corrected chi connectivity index (χ0v) is 11.7. The lowest BCUT2D eigenvalue weighted by molar-refractivity contribution is 0.0736. The lowest BCUT2D eigenvalue weighted by atomic mass is 10.1. The van der Waals surface area contributed by atoms with E-state index in [1.54, 1.807) is 11.3 Å². The molecule has 20 heavy (non-hydrogen) atoms. The maximum atomic E-state index is 13.2. The molecule has 1 atom stereocenters. The van der Waals surface area contributed by atoms with Crippen molar-refractivity contribution >= 4 is 22.9 Å². The molecule has 3 rings (SSSR count). The van der Waals surface area contributed by atoms with Gasteiger partial charge in [0, 0.05) is 12.1 Å². The summed E-state index contributed by atoms with van der Waals surface area (Å²) in [7, 11) is 0. The van der Waals surface area contributed by atoms with Gasteiger partial charge >= 0.3 is 0 Å². The van der Waals surface area contributed by atoms with E-state index < -0.39 is 5.82 Å². The van der Waals surface area contributed by atoms with Crippen LogP contribution in [-0.2, 0) is 0 Å². The number of halogens is 1. The van der Waals surface area contributed by atoms with Gasteiger partial charge in [0.05, 0.1) is 11.7 Å². The number of likely N-dealkylation sites (tertiary alicyclic amines) is 1. The standard InChI is InChI=1S/C15H15FN2OS/c16-12-4-3-10(8-13(12)17)15(19)18-6-1-2-14(18)11-5-7-20-9-11/h3-5,7-9,14H,1-2,6,17H2. The highest BCUT2D eigenvalue weighted by Gasteiger charge is 2.30. The molecule has 1 aromatic heterocycles. The van der Waals surface area contributed by atoms with Crippen molar-refractivity contribution < 1.29 is 9.18 Å². The van der Waals surface area contributed by atoms with E-state index in [1.165, 1.54) is 23.8 Å². The summed E-state index contributed by atoms with van der Waals surface area (Å²) in [5, 5.41) is 4.10. The van der Waals surface area contributed by atoms with Gasteiger partial charge in [0.1, 0.15) is 5.82 Å². The van der Waals surface area contributed by atoms with Crippen molar-refractivity contribution in [3.05, 3.63) is 52.0 Å². The normalized spacial score (nSPS) is 18.4. The smallest absolute Gasteiger partial charge is 0.254 e. The average Bonchev–Trinajstić information content (AvgIpc) is 3.10. The number of nitrogens with two attached hydrogens (primary N) is 1. The minimum atomic E-state index is -0.489. The molecule has 0 radical (unpaired) electrons. The van der Waals surface area contributed by atoms with Gasteiger partial charge in [-0.1, -0.05) is 0 Å². The molecule has 3 nitrogen and oxygen atoms in total. The Morgan fingerprint density at radius 2 is 2.25 bits per heavy atom. The molecular formula is C15H15FN2OS. The average molecular weight is 290 g/mol. The second-order valence-electron chi connectivity index (χ2n) is 4.95. The molecule has 5 heteroatoms. The number of anilines is 1. The zero-order chi connectivity index (χ0) is 14.1. The highest BCUT2D eigenvalue weighted by molar-refractivity contribution is 7.07. The summed E-state index contributed by atoms with van der Waals surface area (Å²) in [6, 6.07) is 6.34. The molecule has 1 unspecified atom stereocenters. The number of nitrogen functional groups attached to an aromatic ring is 1. The van der Waals surface area contributed by atoms with Crippen LogP contribution in [0.25, 0.3) is 0 Å². The van der Waals surface area contributed by atoms with E-state index in [0.29, 0.717) is 5.56 Å². The van der Waals surface area contributed by atoms with E-state index in [-0.39, 0.29) is 17.6 Å². The quantitative estimate of drug-likeness (QED) is 0.861. The van der Waals surface area contributed by atoms with Crippen LogP contribution in [-0.4, -0.2) is 17.4 Å². The van der Waals surface area contributed by atoms with Crippen LogP contribution in [0.5, 0.6) is 0 Å². The van der Waals surface area contributed by atoms with Gasteiger partial charge in [0.15, 0.2) is 0 Å². The van der Waals surface area contributed by atoms with Crippen LogP contribution >= 0.6 is 11.3 Å². The van der Waals surface area contributed by atoms with E-state index in [4.69, 9.17) is 5.73 Å². The van der Waals surface area contributed by atoms with E-state index in [9.17, 15) is 9.18 Å². The first-order valence-electron chi connectivity index (χ1n) is 6.55. The monoisotopic (exact) mass is 290 g/mol. The SMILES string of the molecule is Nc1cc(C(=O)N2CCCC2c2ccsc2)ccc1F. The number of rotatable bonds is 2. The number of benzene rings is 1. The topological polar surface area (TPSA) is 46.3 Å². The van der Waals surface area contributed by atoms with Gasteiger partial charge in [-0.2, -0.15) is 11.3 Å². The third-order valence-electron chi connectivity index (χ3n) is 3.68. The number of carbonyl (C=O) groups excluding carboxylic acids is 1. The minimum absolute atomic E-state index is 0.0159. The third kappa shape index (κ3) is 2.29. The Labute approximate surface area is 120 Å². The number of hydrogen-bond donors (Lipinski definition) is 1. The van der Waals surface area contributed by atoms with Crippen LogP contribution < -0.4 is 5.73 Å². The first-order valence-corrected chi connectivity index (χ1v) is 7.49. The summed E-state index contributed by atoms with van der Waals surface area (Å²) in [5.41, 5.74) is 7.18. The fraction of sp³-hybridized carbons (Fsp3) is 0.267. The predicted octanol–water partition coefficient (Wildman–Crippen LogP) is 3.45. The molecule has 104 valence electrons. The molecule has 2 aromatic rings. The molecule has 0 bridgehead atoms. The van der Waals surface area contributed by atoms with Gasteiger partial charge in [-0.25, -0.2) is 4.39 Å². The van der Waals surface area contributed by atoms with E-state index in [2.05, 4.69) is 11.4 Å². The highest BCUT2D eigenvalue weighted by Crippen LogP contribution is 2.34. The van der Waals surface area contributed by atoms with Gasteiger partial charge in [0.25, 0.3) is 5.91 Å². The second-order valence-corrected chi connectivity index (χ2v) is 5.73. The molecule has 1 aliphatic rings. The Hall–Kier alpha value is -1.88. The van der Waals surface area contributed by atoms with Gasteiger partial charge in [-0.3, -0.25) is 4.79 Å². The Morgan fingerprint density at radius 1 is 1.40 bits per heavy atom. The van der Waals surface area contributed by atoms with Crippen LogP contribution in [0.2, 0.25) is 0 Å². The molecule has 2 N–H and O–H groups in total. The molecule has 1 aliphatic heterocycles. The van der Waals surface area contributed by atoms with Crippen molar-refractivity contribution in [1.82, 2.24) is 4.90 Å². The Balaban J connectivity index is 1.87. The van der Waals surface area contributed by atoms with Crippen molar-refractivity contribution in [2.75, 3.05) is 12.3 Å². The van der Waals surface area contributed by atoms with Crippen LogP contribution in [0.3, 0.4) is 0 Å². The summed E-state index contributed by atoms with van der Waals surface area (Å²) < 4.78 is 13.2. The van der Waals surface area contributed by atoms with Gasteiger partial charge in [0.2, 0.25) is 0 Å². The van der Waals surface area contributed by atoms with Crippen LogP contribution in [0.1, 0.15) is 34.8 Å². The summed E-state index contributed by atoms with van der Waals surface area (Å²) in [4.78, 5) is 14.4. The fourth-order valence-electron chi connectivity index (χ4n) is 2.66. The molecule has 1 fully saturated rings. The fourth-order valence-corrected chi connectivity index (χ4v) is 3.37. The molecule has 1 aromatic carbocycles. The lowest BCUT2D eigenvalue weighted by Crippen LogP contribution is -2.30. The van der Waals surface area contributed by atoms with Crippen LogP contribution in [0.15, 0.2) is 35.0 Å². The number of nitrogens with zero attached hydrogens (tertiary/aromatic N) is 1. The maximum absolute atomic E-state index is 13.2. The largest absolute Gasteiger partial charge is 0.396 e. The van der Waals surface area contributed by atoms with Gasteiger partial charge < -0.3 is 10.6 Å². The van der Waals surface area contributed by atoms with E-state index in [0.717, 1.165) is 19.4 Å². The Kier molecular flexibility index (Phi) is 3.44. The van der Waals surface area contributed by atoms with Crippen molar-refractivity contribution in [1.29, 1.82) is 0 Å². The molecule has 2 heterocycles. The first kappa shape index (κ1) is 13.1. The second kappa shape index (κ2) is 5.25. The summed E-state index contributed by atoms with van der Waals surface area (Å²) >= 11 is 1.63. The van der Waals surface area contributed by atoms with E-state index in [1.807, 2.05) is 10.3 Å². The maximum Gasteiger partial charge on any atom is 0.254 e. The molecule has 0 saturated carbocycles. The van der Waals surface area contributed by atoms with Gasteiger partial charge in [-0.05, 0) is 53.4 Å². The molecular weight excluding hydrogens is 275 g/mol.